The first-order chi connectivity index (χ1) is 27.2. The lowest BCUT2D eigenvalue weighted by atomic mass is 9.96. The second-order valence-electron chi connectivity index (χ2n) is 13.9. The van der Waals surface area contributed by atoms with Crippen molar-refractivity contribution in [3.8, 4) is 32.8 Å². The van der Waals surface area contributed by atoms with Gasteiger partial charge >= 0.3 is 0 Å². The van der Waals surface area contributed by atoms with Gasteiger partial charge in [0.2, 0.25) is 0 Å². The Morgan fingerprint density at radius 2 is 1.02 bits per heavy atom. The van der Waals surface area contributed by atoms with Gasteiger partial charge in [-0.25, -0.2) is 4.98 Å². The van der Waals surface area contributed by atoms with Gasteiger partial charge in [0.05, 0.1) is 15.9 Å². The first-order valence-electron chi connectivity index (χ1n) is 18.5. The quantitative estimate of drug-likeness (QED) is 0.160. The minimum Gasteiger partial charge on any atom is -0.454 e. The van der Waals surface area contributed by atoms with Crippen LogP contribution in [0, 0.1) is 0 Å². The Kier molecular flexibility index (Phi) is 7.35. The van der Waals surface area contributed by atoms with Crippen LogP contribution in [0.4, 0.5) is 17.1 Å². The number of benzene rings is 9. The Hall–Kier alpha value is -7.01. The highest BCUT2D eigenvalue weighted by Gasteiger charge is 2.20. The van der Waals surface area contributed by atoms with Crippen LogP contribution in [0.25, 0.3) is 86.5 Å². The Labute approximate surface area is 322 Å². The third kappa shape index (κ3) is 5.38. The van der Waals surface area contributed by atoms with E-state index in [1.54, 1.807) is 11.3 Å². The molecule has 0 aliphatic carbocycles. The maximum Gasteiger partial charge on any atom is 0.159 e. The fourth-order valence-corrected chi connectivity index (χ4v) is 8.96. The molecule has 11 rings (SSSR count). The monoisotopic (exact) mass is 720 g/mol. The van der Waals surface area contributed by atoms with Crippen LogP contribution in [0.1, 0.15) is 0 Å². The largest absolute Gasteiger partial charge is 0.454 e. The van der Waals surface area contributed by atoms with E-state index < -0.39 is 0 Å². The standard InChI is InChI=1S/C51H32N2OS/c1-3-10-33(11-4-1)34-22-27-40(28-23-34)53(45-16-9-15-43-42-14-7-8-17-46(42)54-50(43)45)41-29-24-35(25-30-41)39-21-19-36-18-20-37-26-31-47-49(48(37)44(36)32-39)52-51(55-47)38-12-5-2-6-13-38/h1-32H. The highest BCUT2D eigenvalue weighted by Crippen LogP contribution is 2.44. The fraction of sp³-hybridized carbons (Fsp3) is 0. The third-order valence-corrected chi connectivity index (χ3v) is 11.8. The second kappa shape index (κ2) is 12.8. The summed E-state index contributed by atoms with van der Waals surface area (Å²) < 4.78 is 7.78. The van der Waals surface area contributed by atoms with E-state index in [4.69, 9.17) is 9.40 Å². The summed E-state index contributed by atoms with van der Waals surface area (Å²) in [5.74, 6) is 0. The number of hydrogen-bond donors (Lipinski definition) is 0. The Balaban J connectivity index is 1.03. The molecule has 11 aromatic rings. The van der Waals surface area contributed by atoms with E-state index in [9.17, 15) is 0 Å². The lowest BCUT2D eigenvalue weighted by molar-refractivity contribution is 0.669. The number of nitrogens with zero attached hydrogens (tertiary/aromatic N) is 2. The molecule has 0 aliphatic heterocycles. The summed E-state index contributed by atoms with van der Waals surface area (Å²) in [6.45, 7) is 0. The van der Waals surface area contributed by atoms with Crippen molar-refractivity contribution < 1.29 is 4.42 Å². The molecule has 0 amide bonds. The lowest BCUT2D eigenvalue weighted by Crippen LogP contribution is -2.10. The molecule has 0 radical (unpaired) electrons. The fourth-order valence-electron chi connectivity index (χ4n) is 7.99. The highest BCUT2D eigenvalue weighted by molar-refractivity contribution is 7.21. The van der Waals surface area contributed by atoms with Crippen LogP contribution in [0.15, 0.2) is 199 Å². The van der Waals surface area contributed by atoms with Crippen molar-refractivity contribution in [2.45, 2.75) is 0 Å². The Morgan fingerprint density at radius 3 is 1.78 bits per heavy atom. The Bertz CT molecular complexity index is 3180. The maximum absolute atomic E-state index is 6.58. The topological polar surface area (TPSA) is 29.3 Å². The molecule has 0 saturated heterocycles. The molecule has 0 fully saturated rings. The van der Waals surface area contributed by atoms with Crippen molar-refractivity contribution in [3.05, 3.63) is 194 Å². The van der Waals surface area contributed by atoms with Crippen LogP contribution < -0.4 is 4.90 Å². The van der Waals surface area contributed by atoms with Crippen LogP contribution in [-0.2, 0) is 0 Å². The maximum atomic E-state index is 6.58. The van der Waals surface area contributed by atoms with Crippen molar-refractivity contribution in [2.75, 3.05) is 4.90 Å². The van der Waals surface area contributed by atoms with Gasteiger partial charge in [0, 0.05) is 33.1 Å². The van der Waals surface area contributed by atoms with Gasteiger partial charge in [-0.05, 0) is 86.9 Å². The summed E-state index contributed by atoms with van der Waals surface area (Å²) in [5, 5.41) is 8.09. The molecule has 0 spiro atoms. The van der Waals surface area contributed by atoms with Crippen LogP contribution in [0.2, 0.25) is 0 Å². The average molecular weight is 721 g/mol. The van der Waals surface area contributed by atoms with Gasteiger partial charge in [-0.2, -0.15) is 0 Å². The smallest absolute Gasteiger partial charge is 0.159 e. The minimum absolute atomic E-state index is 0.866. The number of thiazole rings is 1. The van der Waals surface area contributed by atoms with Crippen molar-refractivity contribution >= 4 is 82.1 Å². The second-order valence-corrected chi connectivity index (χ2v) is 15.0. The molecule has 55 heavy (non-hydrogen) atoms. The molecule has 0 bridgehead atoms. The van der Waals surface area contributed by atoms with E-state index in [2.05, 4.69) is 187 Å². The minimum atomic E-state index is 0.866. The molecule has 0 saturated carbocycles. The van der Waals surface area contributed by atoms with E-state index >= 15 is 0 Å². The number of fused-ring (bicyclic) bond motifs is 8. The number of furan rings is 1. The molecular formula is C51H32N2OS. The summed E-state index contributed by atoms with van der Waals surface area (Å²) in [4.78, 5) is 7.52. The highest BCUT2D eigenvalue weighted by atomic mass is 32.1. The van der Waals surface area contributed by atoms with Crippen LogP contribution >= 0.6 is 11.3 Å². The summed E-state index contributed by atoms with van der Waals surface area (Å²) >= 11 is 1.75. The molecule has 0 unspecified atom stereocenters. The number of rotatable bonds is 6. The first-order valence-corrected chi connectivity index (χ1v) is 19.3. The van der Waals surface area contributed by atoms with Gasteiger partial charge in [0.1, 0.15) is 10.6 Å². The lowest BCUT2D eigenvalue weighted by Gasteiger charge is -2.26. The molecule has 0 aliphatic rings. The normalized spacial score (nSPS) is 11.6. The molecule has 4 heteroatoms. The van der Waals surface area contributed by atoms with E-state index in [-0.39, 0.29) is 0 Å². The van der Waals surface area contributed by atoms with Crippen LogP contribution in [-0.4, -0.2) is 4.98 Å². The first kappa shape index (κ1) is 31.5. The predicted molar refractivity (Wildman–Crippen MR) is 233 cm³/mol. The average Bonchev–Trinajstić information content (AvgIpc) is 3.87. The van der Waals surface area contributed by atoms with Crippen molar-refractivity contribution in [3.63, 3.8) is 0 Å². The molecule has 2 aromatic heterocycles. The van der Waals surface area contributed by atoms with Gasteiger partial charge in [0.15, 0.2) is 5.58 Å². The van der Waals surface area contributed by atoms with Crippen LogP contribution in [0.3, 0.4) is 0 Å². The van der Waals surface area contributed by atoms with Gasteiger partial charge in [-0.15, -0.1) is 11.3 Å². The van der Waals surface area contributed by atoms with E-state index in [1.807, 2.05) is 12.1 Å². The zero-order valence-electron chi connectivity index (χ0n) is 29.7. The van der Waals surface area contributed by atoms with E-state index in [1.165, 1.54) is 42.9 Å². The number of para-hydroxylation sites is 2. The molecule has 258 valence electrons. The van der Waals surface area contributed by atoms with Crippen molar-refractivity contribution in [1.82, 2.24) is 4.98 Å². The predicted octanol–water partition coefficient (Wildman–Crippen LogP) is 15.0. The van der Waals surface area contributed by atoms with Crippen molar-refractivity contribution in [1.29, 1.82) is 0 Å². The summed E-state index contributed by atoms with van der Waals surface area (Å²) in [5.41, 5.74) is 11.8. The van der Waals surface area contributed by atoms with Gasteiger partial charge < -0.3 is 9.32 Å². The number of anilines is 3. The van der Waals surface area contributed by atoms with E-state index in [0.717, 1.165) is 60.7 Å². The van der Waals surface area contributed by atoms with E-state index in [0.29, 0.717) is 0 Å². The number of hydrogen-bond acceptors (Lipinski definition) is 4. The number of aromatic nitrogens is 1. The molecule has 0 N–H and O–H groups in total. The summed E-state index contributed by atoms with van der Waals surface area (Å²) in [6, 6.07) is 69.1. The molecule has 2 heterocycles. The molecular weight excluding hydrogens is 689 g/mol. The van der Waals surface area contributed by atoms with Crippen molar-refractivity contribution in [2.24, 2.45) is 0 Å². The molecule has 0 atom stereocenters. The molecule has 9 aromatic carbocycles. The van der Waals surface area contributed by atoms with Gasteiger partial charge in [-0.1, -0.05) is 146 Å². The van der Waals surface area contributed by atoms with Gasteiger partial charge in [-0.3, -0.25) is 0 Å². The Morgan fingerprint density at radius 1 is 0.436 bits per heavy atom. The summed E-state index contributed by atoms with van der Waals surface area (Å²) in [6.07, 6.45) is 0. The van der Waals surface area contributed by atoms with Crippen LogP contribution in [0.5, 0.6) is 0 Å². The third-order valence-electron chi connectivity index (χ3n) is 10.7. The zero-order chi connectivity index (χ0) is 36.3. The van der Waals surface area contributed by atoms with Gasteiger partial charge in [0.25, 0.3) is 0 Å². The SMILES string of the molecule is c1ccc(-c2ccc(N(c3ccc(-c4ccc5ccc6ccc7sc(-c8ccccc8)nc7c6c5c4)cc3)c3cccc4c3oc3ccccc34)cc2)cc1. The zero-order valence-corrected chi connectivity index (χ0v) is 30.5. The summed E-state index contributed by atoms with van der Waals surface area (Å²) in [7, 11) is 0. The molecule has 3 nitrogen and oxygen atoms in total.